The first-order valence-electron chi connectivity index (χ1n) is 8.82. The second-order valence-corrected chi connectivity index (χ2v) is 6.69. The second kappa shape index (κ2) is 8.27. The van der Waals surface area contributed by atoms with Crippen LogP contribution in [-0.2, 0) is 16.1 Å². The Balaban J connectivity index is 1.76. The molecular weight excluding hydrogens is 316 g/mol. The Bertz CT molecular complexity index is 657. The van der Waals surface area contributed by atoms with Crippen molar-refractivity contribution < 1.29 is 9.53 Å². The van der Waals surface area contributed by atoms with E-state index in [1.807, 2.05) is 61.1 Å². The number of aromatic nitrogens is 2. The van der Waals surface area contributed by atoms with Gasteiger partial charge in [0, 0.05) is 31.5 Å². The number of amides is 1. The number of carbonyl (C=O) groups is 1. The molecule has 2 aromatic rings. The number of ether oxygens (including phenoxy) is 1. The van der Waals surface area contributed by atoms with Crippen molar-refractivity contribution >= 4 is 5.91 Å². The number of carbonyl (C=O) groups excluding carboxylic acids is 1. The molecule has 1 aliphatic heterocycles. The number of benzene rings is 1. The molecule has 1 aromatic carbocycles. The van der Waals surface area contributed by atoms with Gasteiger partial charge in [-0.15, -0.1) is 0 Å². The zero-order valence-electron chi connectivity index (χ0n) is 14.8. The first-order valence-corrected chi connectivity index (χ1v) is 8.82. The van der Waals surface area contributed by atoms with Crippen LogP contribution < -0.4 is 5.32 Å². The highest BCUT2D eigenvalue weighted by atomic mass is 16.5. The van der Waals surface area contributed by atoms with E-state index in [9.17, 15) is 4.79 Å². The third-order valence-corrected chi connectivity index (χ3v) is 4.28. The van der Waals surface area contributed by atoms with Crippen LogP contribution in [0.15, 0.2) is 48.8 Å². The maximum Gasteiger partial charge on any atom is 0.242 e. The summed E-state index contributed by atoms with van der Waals surface area (Å²) in [6.07, 6.45) is 3.72. The topological polar surface area (TPSA) is 59.4 Å². The Morgan fingerprint density at radius 2 is 2.12 bits per heavy atom. The molecule has 0 radical (unpaired) electrons. The summed E-state index contributed by atoms with van der Waals surface area (Å²) < 4.78 is 7.77. The van der Waals surface area contributed by atoms with Gasteiger partial charge >= 0.3 is 0 Å². The highest BCUT2D eigenvalue weighted by molar-refractivity contribution is 5.83. The summed E-state index contributed by atoms with van der Waals surface area (Å²) in [4.78, 5) is 15.1. The zero-order chi connectivity index (χ0) is 17.6. The van der Waals surface area contributed by atoms with Gasteiger partial charge in [-0.1, -0.05) is 30.3 Å². The number of nitrogens with zero attached hydrogens (tertiary/aromatic N) is 3. The summed E-state index contributed by atoms with van der Waals surface area (Å²) in [5, 5.41) is 7.31. The lowest BCUT2D eigenvalue weighted by Crippen LogP contribution is -2.50. The smallest absolute Gasteiger partial charge is 0.242 e. The van der Waals surface area contributed by atoms with Gasteiger partial charge in [-0.2, -0.15) is 5.10 Å². The van der Waals surface area contributed by atoms with Crippen molar-refractivity contribution in [1.82, 2.24) is 20.0 Å². The van der Waals surface area contributed by atoms with E-state index in [1.54, 1.807) is 6.20 Å². The summed E-state index contributed by atoms with van der Waals surface area (Å²) in [5.41, 5.74) is 1.01. The molecular formula is C19H26N4O2. The fraction of sp³-hybridized carbons (Fsp3) is 0.474. The minimum Gasteiger partial charge on any atom is -0.374 e. The molecule has 0 bridgehead atoms. The monoisotopic (exact) mass is 342 g/mol. The summed E-state index contributed by atoms with van der Waals surface area (Å²) >= 11 is 0. The standard InChI is InChI=1S/C19H26N4O2/c1-15(2)21-19(24)18(16-7-4-3-5-8-16)22-11-12-25-17(13-22)14-23-10-6-9-20-23/h3-10,15,17-18H,11-14H2,1-2H3,(H,21,24)/t17-,18-/m1/s1. The van der Waals surface area contributed by atoms with Crippen LogP contribution >= 0.6 is 0 Å². The fourth-order valence-electron chi connectivity index (χ4n) is 3.23. The Labute approximate surface area is 148 Å². The van der Waals surface area contributed by atoms with Crippen LogP contribution in [0.5, 0.6) is 0 Å². The summed E-state index contributed by atoms with van der Waals surface area (Å²) in [7, 11) is 0. The summed E-state index contributed by atoms with van der Waals surface area (Å²) in [5.74, 6) is 0.0425. The van der Waals surface area contributed by atoms with Gasteiger partial charge in [0.2, 0.25) is 5.91 Å². The van der Waals surface area contributed by atoms with Gasteiger partial charge in [-0.25, -0.2) is 0 Å². The van der Waals surface area contributed by atoms with Crippen LogP contribution in [-0.4, -0.2) is 52.4 Å². The predicted octanol–water partition coefficient (Wildman–Crippen LogP) is 1.85. The van der Waals surface area contributed by atoms with Gasteiger partial charge in [-0.05, 0) is 25.5 Å². The molecule has 0 aliphatic carbocycles. The third-order valence-electron chi connectivity index (χ3n) is 4.28. The van der Waals surface area contributed by atoms with E-state index in [0.29, 0.717) is 19.7 Å². The largest absolute Gasteiger partial charge is 0.374 e. The number of hydrogen-bond acceptors (Lipinski definition) is 4. The molecule has 0 saturated carbocycles. The molecule has 6 heteroatoms. The molecule has 3 rings (SSSR count). The molecule has 2 atom stereocenters. The van der Waals surface area contributed by atoms with E-state index < -0.39 is 0 Å². The van der Waals surface area contributed by atoms with Crippen LogP contribution in [0.4, 0.5) is 0 Å². The number of rotatable bonds is 6. The zero-order valence-corrected chi connectivity index (χ0v) is 14.8. The van der Waals surface area contributed by atoms with E-state index in [2.05, 4.69) is 15.3 Å². The van der Waals surface area contributed by atoms with Crippen molar-refractivity contribution in [2.24, 2.45) is 0 Å². The van der Waals surface area contributed by atoms with Crippen molar-refractivity contribution in [2.45, 2.75) is 38.6 Å². The molecule has 0 unspecified atom stereocenters. The molecule has 2 heterocycles. The molecule has 1 aromatic heterocycles. The molecule has 1 N–H and O–H groups in total. The van der Waals surface area contributed by atoms with E-state index in [0.717, 1.165) is 12.1 Å². The van der Waals surface area contributed by atoms with Crippen molar-refractivity contribution in [3.8, 4) is 0 Å². The minimum atomic E-state index is -0.298. The van der Waals surface area contributed by atoms with E-state index >= 15 is 0 Å². The lowest BCUT2D eigenvalue weighted by Gasteiger charge is -2.38. The highest BCUT2D eigenvalue weighted by Crippen LogP contribution is 2.24. The third kappa shape index (κ3) is 4.67. The maximum atomic E-state index is 12.9. The fourth-order valence-corrected chi connectivity index (χ4v) is 3.23. The van der Waals surface area contributed by atoms with E-state index in [-0.39, 0.29) is 24.1 Å². The first-order chi connectivity index (χ1) is 12.1. The van der Waals surface area contributed by atoms with Gasteiger partial charge in [0.25, 0.3) is 0 Å². The Morgan fingerprint density at radius 1 is 1.32 bits per heavy atom. The van der Waals surface area contributed by atoms with Gasteiger partial charge in [0.1, 0.15) is 6.04 Å². The summed E-state index contributed by atoms with van der Waals surface area (Å²) in [6, 6.07) is 11.7. The first kappa shape index (κ1) is 17.6. The van der Waals surface area contributed by atoms with Crippen LogP contribution in [0.25, 0.3) is 0 Å². The molecule has 25 heavy (non-hydrogen) atoms. The molecule has 1 amide bonds. The average molecular weight is 342 g/mol. The highest BCUT2D eigenvalue weighted by Gasteiger charge is 2.32. The van der Waals surface area contributed by atoms with Crippen LogP contribution in [0.2, 0.25) is 0 Å². The lowest BCUT2D eigenvalue weighted by molar-refractivity contribution is -0.131. The van der Waals surface area contributed by atoms with E-state index in [4.69, 9.17) is 4.74 Å². The Kier molecular flexibility index (Phi) is 5.83. The molecule has 1 saturated heterocycles. The Hall–Kier alpha value is -2.18. The normalized spacial score (nSPS) is 19.7. The van der Waals surface area contributed by atoms with Crippen LogP contribution in [0, 0.1) is 0 Å². The van der Waals surface area contributed by atoms with Crippen LogP contribution in [0.1, 0.15) is 25.5 Å². The molecule has 1 fully saturated rings. The minimum absolute atomic E-state index is 0.0201. The SMILES string of the molecule is CC(C)NC(=O)[C@@H](c1ccccc1)N1CCO[C@@H](Cn2cccn2)C1. The molecule has 0 spiro atoms. The van der Waals surface area contributed by atoms with Crippen LogP contribution in [0.3, 0.4) is 0 Å². The van der Waals surface area contributed by atoms with Crippen molar-refractivity contribution in [3.63, 3.8) is 0 Å². The molecule has 134 valence electrons. The van der Waals surface area contributed by atoms with Crippen molar-refractivity contribution in [2.75, 3.05) is 19.7 Å². The summed E-state index contributed by atoms with van der Waals surface area (Å²) in [6.45, 7) is 6.71. The van der Waals surface area contributed by atoms with Gasteiger partial charge in [0.05, 0.1) is 19.3 Å². The number of morpholine rings is 1. The second-order valence-electron chi connectivity index (χ2n) is 6.69. The Morgan fingerprint density at radius 3 is 2.80 bits per heavy atom. The van der Waals surface area contributed by atoms with Gasteiger partial charge < -0.3 is 10.1 Å². The average Bonchev–Trinajstić information content (AvgIpc) is 3.09. The molecule has 6 nitrogen and oxygen atoms in total. The number of nitrogens with one attached hydrogen (secondary N) is 1. The molecule has 1 aliphatic rings. The predicted molar refractivity (Wildman–Crippen MR) is 96.0 cm³/mol. The number of hydrogen-bond donors (Lipinski definition) is 1. The van der Waals surface area contributed by atoms with Gasteiger partial charge in [-0.3, -0.25) is 14.4 Å². The van der Waals surface area contributed by atoms with E-state index in [1.165, 1.54) is 0 Å². The van der Waals surface area contributed by atoms with Crippen molar-refractivity contribution in [3.05, 3.63) is 54.4 Å². The quantitative estimate of drug-likeness (QED) is 0.870. The van der Waals surface area contributed by atoms with Crippen molar-refractivity contribution in [1.29, 1.82) is 0 Å². The maximum absolute atomic E-state index is 12.9. The lowest BCUT2D eigenvalue weighted by atomic mass is 10.0. The van der Waals surface area contributed by atoms with Gasteiger partial charge in [0.15, 0.2) is 0 Å².